The molecule has 3 rings (SSSR count). The molecular formula is C15H22N2O2S. The van der Waals surface area contributed by atoms with Crippen LogP contribution in [0.1, 0.15) is 30.9 Å². The topological polar surface area (TPSA) is 58.2 Å². The largest absolute Gasteiger partial charge is 0.385 e. The Labute approximate surface area is 120 Å². The van der Waals surface area contributed by atoms with Crippen LogP contribution < -0.4 is 10.6 Å². The minimum Gasteiger partial charge on any atom is -0.385 e. The van der Waals surface area contributed by atoms with Gasteiger partial charge in [0.25, 0.3) is 0 Å². The third-order valence-corrected chi connectivity index (χ3v) is 6.27. The van der Waals surface area contributed by atoms with E-state index in [0.29, 0.717) is 12.2 Å². The van der Waals surface area contributed by atoms with Crippen LogP contribution >= 0.6 is 0 Å². The van der Waals surface area contributed by atoms with Crippen LogP contribution in [0.15, 0.2) is 18.2 Å². The lowest BCUT2D eigenvalue weighted by atomic mass is 9.97. The van der Waals surface area contributed by atoms with Crippen LogP contribution in [-0.2, 0) is 22.8 Å². The number of anilines is 1. The molecule has 2 heterocycles. The Morgan fingerprint density at radius 1 is 1.40 bits per heavy atom. The van der Waals surface area contributed by atoms with Crippen LogP contribution in [0.3, 0.4) is 0 Å². The number of hydrogen-bond acceptors (Lipinski definition) is 4. The standard InChI is InChI=1S/C15H22N2O2S/c1-15(7-9-20(18,19)11-15)17-10-13-5-2-4-12-6-3-8-16-14(12)13/h2,4-5,16-17H,3,6-11H2,1H3. The highest BCUT2D eigenvalue weighted by Crippen LogP contribution is 2.28. The molecule has 1 aromatic carbocycles. The van der Waals surface area contributed by atoms with Crippen molar-refractivity contribution in [1.29, 1.82) is 0 Å². The first-order chi connectivity index (χ1) is 9.48. The summed E-state index contributed by atoms with van der Waals surface area (Å²) in [6.45, 7) is 3.76. The van der Waals surface area contributed by atoms with E-state index < -0.39 is 9.84 Å². The normalized spacial score (nSPS) is 27.9. The summed E-state index contributed by atoms with van der Waals surface area (Å²) in [7, 11) is -2.85. The molecule has 1 atom stereocenters. The average Bonchev–Trinajstić information content (AvgIpc) is 2.71. The molecular weight excluding hydrogens is 272 g/mol. The zero-order valence-corrected chi connectivity index (χ0v) is 12.7. The van der Waals surface area contributed by atoms with E-state index in [1.165, 1.54) is 23.2 Å². The predicted octanol–water partition coefficient (Wildman–Crippen LogP) is 1.71. The van der Waals surface area contributed by atoms with Gasteiger partial charge in [-0.3, -0.25) is 0 Å². The molecule has 20 heavy (non-hydrogen) atoms. The van der Waals surface area contributed by atoms with E-state index in [0.717, 1.165) is 19.5 Å². The highest BCUT2D eigenvalue weighted by molar-refractivity contribution is 7.91. The van der Waals surface area contributed by atoms with Crippen molar-refractivity contribution in [3.8, 4) is 0 Å². The van der Waals surface area contributed by atoms with Crippen molar-refractivity contribution >= 4 is 15.5 Å². The van der Waals surface area contributed by atoms with E-state index in [1.54, 1.807) is 0 Å². The molecule has 1 aromatic rings. The summed E-state index contributed by atoms with van der Waals surface area (Å²) in [5.41, 5.74) is 3.58. The monoisotopic (exact) mass is 294 g/mol. The fraction of sp³-hybridized carbons (Fsp3) is 0.600. The predicted molar refractivity (Wildman–Crippen MR) is 81.8 cm³/mol. The van der Waals surface area contributed by atoms with E-state index in [9.17, 15) is 8.42 Å². The first kappa shape index (κ1) is 13.9. The van der Waals surface area contributed by atoms with Gasteiger partial charge in [-0.2, -0.15) is 0 Å². The Kier molecular flexibility index (Phi) is 3.50. The third kappa shape index (κ3) is 2.83. The van der Waals surface area contributed by atoms with Crippen molar-refractivity contribution in [1.82, 2.24) is 5.32 Å². The van der Waals surface area contributed by atoms with Gasteiger partial charge in [-0.05, 0) is 37.3 Å². The summed E-state index contributed by atoms with van der Waals surface area (Å²) in [5.74, 6) is 0.560. The second kappa shape index (κ2) is 5.04. The van der Waals surface area contributed by atoms with Gasteiger partial charge in [0.05, 0.1) is 11.5 Å². The number of rotatable bonds is 3. The van der Waals surface area contributed by atoms with Crippen LogP contribution in [-0.4, -0.2) is 32.0 Å². The number of para-hydroxylation sites is 1. The maximum absolute atomic E-state index is 11.6. The fourth-order valence-corrected chi connectivity index (χ4v) is 5.31. The Morgan fingerprint density at radius 3 is 3.00 bits per heavy atom. The lowest BCUT2D eigenvalue weighted by Gasteiger charge is -2.26. The lowest BCUT2D eigenvalue weighted by molar-refractivity contribution is 0.395. The Morgan fingerprint density at radius 2 is 2.25 bits per heavy atom. The highest BCUT2D eigenvalue weighted by Gasteiger charge is 2.37. The quantitative estimate of drug-likeness (QED) is 0.891. The number of benzene rings is 1. The summed E-state index contributed by atoms with van der Waals surface area (Å²) in [6.07, 6.45) is 3.01. The summed E-state index contributed by atoms with van der Waals surface area (Å²) >= 11 is 0. The minimum atomic E-state index is -2.85. The molecule has 0 saturated carbocycles. The SMILES string of the molecule is CC1(NCc2cccc3c2NCCC3)CCS(=O)(=O)C1. The van der Waals surface area contributed by atoms with Crippen molar-refractivity contribution in [3.05, 3.63) is 29.3 Å². The molecule has 0 radical (unpaired) electrons. The van der Waals surface area contributed by atoms with Crippen LogP contribution in [0.25, 0.3) is 0 Å². The first-order valence-corrected chi connectivity index (χ1v) is 9.10. The van der Waals surface area contributed by atoms with Crippen molar-refractivity contribution in [3.63, 3.8) is 0 Å². The highest BCUT2D eigenvalue weighted by atomic mass is 32.2. The smallest absolute Gasteiger partial charge is 0.152 e. The minimum absolute atomic E-state index is 0.252. The summed E-state index contributed by atoms with van der Waals surface area (Å²) in [6, 6.07) is 6.39. The number of sulfone groups is 1. The molecule has 1 unspecified atom stereocenters. The van der Waals surface area contributed by atoms with Crippen LogP contribution in [0.5, 0.6) is 0 Å². The van der Waals surface area contributed by atoms with Crippen molar-refractivity contribution in [2.45, 2.75) is 38.3 Å². The second-order valence-corrected chi connectivity index (χ2v) is 8.42. The van der Waals surface area contributed by atoms with E-state index in [1.807, 2.05) is 6.92 Å². The number of nitrogens with one attached hydrogen (secondary N) is 2. The van der Waals surface area contributed by atoms with E-state index in [-0.39, 0.29) is 11.3 Å². The zero-order valence-electron chi connectivity index (χ0n) is 11.9. The number of hydrogen-bond donors (Lipinski definition) is 2. The first-order valence-electron chi connectivity index (χ1n) is 7.28. The molecule has 1 fully saturated rings. The molecule has 2 aliphatic rings. The molecule has 5 heteroatoms. The fourth-order valence-electron chi connectivity index (χ4n) is 3.19. The summed E-state index contributed by atoms with van der Waals surface area (Å²) in [5, 5.41) is 6.94. The molecule has 4 nitrogen and oxygen atoms in total. The maximum atomic E-state index is 11.6. The van der Waals surface area contributed by atoms with Gasteiger partial charge in [0.15, 0.2) is 9.84 Å². The van der Waals surface area contributed by atoms with Gasteiger partial charge in [0.2, 0.25) is 0 Å². The van der Waals surface area contributed by atoms with E-state index in [4.69, 9.17) is 0 Å². The molecule has 1 saturated heterocycles. The van der Waals surface area contributed by atoms with E-state index >= 15 is 0 Å². The molecule has 110 valence electrons. The molecule has 0 amide bonds. The third-order valence-electron chi connectivity index (χ3n) is 4.37. The second-order valence-electron chi connectivity index (χ2n) is 6.24. The van der Waals surface area contributed by atoms with Gasteiger partial charge in [-0.25, -0.2) is 8.42 Å². The van der Waals surface area contributed by atoms with Gasteiger partial charge in [-0.15, -0.1) is 0 Å². The molecule has 0 spiro atoms. The van der Waals surface area contributed by atoms with Gasteiger partial charge in [-0.1, -0.05) is 18.2 Å². The van der Waals surface area contributed by atoms with Crippen molar-refractivity contribution in [2.75, 3.05) is 23.4 Å². The Bertz CT molecular complexity index is 612. The van der Waals surface area contributed by atoms with Crippen molar-refractivity contribution in [2.24, 2.45) is 0 Å². The Balaban J connectivity index is 1.73. The molecule has 0 bridgehead atoms. The lowest BCUT2D eigenvalue weighted by Crippen LogP contribution is -2.43. The van der Waals surface area contributed by atoms with Gasteiger partial charge in [0.1, 0.15) is 0 Å². The zero-order chi connectivity index (χ0) is 14.2. The Hall–Kier alpha value is -1.07. The van der Waals surface area contributed by atoms with Crippen molar-refractivity contribution < 1.29 is 8.42 Å². The molecule has 2 N–H and O–H groups in total. The van der Waals surface area contributed by atoms with Gasteiger partial charge >= 0.3 is 0 Å². The van der Waals surface area contributed by atoms with Crippen LogP contribution in [0, 0.1) is 0 Å². The van der Waals surface area contributed by atoms with Gasteiger partial charge < -0.3 is 10.6 Å². The van der Waals surface area contributed by atoms with Crippen LogP contribution in [0.4, 0.5) is 5.69 Å². The molecule has 2 aliphatic heterocycles. The summed E-state index contributed by atoms with van der Waals surface area (Å²) in [4.78, 5) is 0. The maximum Gasteiger partial charge on any atom is 0.152 e. The van der Waals surface area contributed by atoms with Gasteiger partial charge in [0, 0.05) is 24.3 Å². The molecule has 0 aromatic heterocycles. The van der Waals surface area contributed by atoms with Crippen LogP contribution in [0.2, 0.25) is 0 Å². The summed E-state index contributed by atoms with van der Waals surface area (Å²) < 4.78 is 23.3. The van der Waals surface area contributed by atoms with E-state index in [2.05, 4.69) is 28.8 Å². The average molecular weight is 294 g/mol. The molecule has 0 aliphatic carbocycles. The number of aryl methyl sites for hydroxylation is 1. The number of fused-ring (bicyclic) bond motifs is 1.